The van der Waals surface area contributed by atoms with E-state index < -0.39 is 29.3 Å². The number of thiazole rings is 1. The van der Waals surface area contributed by atoms with Crippen LogP contribution in [-0.4, -0.2) is 34.3 Å². The van der Waals surface area contributed by atoms with Crippen molar-refractivity contribution in [1.82, 2.24) is 15.8 Å². The molecule has 2 amide bonds. The number of non-ortho nitro benzene ring substituents is 1. The zero-order chi connectivity index (χ0) is 25.5. The summed E-state index contributed by atoms with van der Waals surface area (Å²) in [5.74, 6) is -1.42. The highest BCUT2D eigenvalue weighted by molar-refractivity contribution is 8.00. The number of benzene rings is 3. The highest BCUT2D eigenvalue weighted by Gasteiger charge is 2.13. The van der Waals surface area contributed by atoms with E-state index in [1.807, 2.05) is 24.3 Å². The number of ether oxygens (including phenoxy) is 1. The van der Waals surface area contributed by atoms with Crippen LogP contribution in [0, 0.1) is 10.1 Å². The fourth-order valence-electron chi connectivity index (χ4n) is 2.98. The van der Waals surface area contributed by atoms with E-state index in [9.17, 15) is 24.5 Å². The molecule has 3 aromatic carbocycles. The lowest BCUT2D eigenvalue weighted by Gasteiger charge is -2.08. The maximum atomic E-state index is 12.2. The molecule has 0 aliphatic carbocycles. The van der Waals surface area contributed by atoms with Crippen LogP contribution in [0.2, 0.25) is 0 Å². The van der Waals surface area contributed by atoms with E-state index in [4.69, 9.17) is 4.74 Å². The number of nitrogens with one attached hydrogen (secondary N) is 2. The Morgan fingerprint density at radius 1 is 0.944 bits per heavy atom. The van der Waals surface area contributed by atoms with E-state index in [2.05, 4.69) is 15.8 Å². The van der Waals surface area contributed by atoms with Gasteiger partial charge in [0.25, 0.3) is 17.5 Å². The molecule has 10 nitrogen and oxygen atoms in total. The van der Waals surface area contributed by atoms with E-state index in [0.29, 0.717) is 5.75 Å². The van der Waals surface area contributed by atoms with Crippen LogP contribution in [0.5, 0.6) is 0 Å². The third kappa shape index (κ3) is 6.43. The van der Waals surface area contributed by atoms with Crippen molar-refractivity contribution in [2.24, 2.45) is 0 Å². The molecule has 1 aromatic heterocycles. The molecule has 0 saturated heterocycles. The van der Waals surface area contributed by atoms with Crippen molar-refractivity contribution >= 4 is 56.8 Å². The number of hydrazine groups is 1. The first-order chi connectivity index (χ1) is 17.4. The van der Waals surface area contributed by atoms with Gasteiger partial charge in [-0.15, -0.1) is 11.3 Å². The number of nitro benzene ring substituents is 1. The van der Waals surface area contributed by atoms with Gasteiger partial charge in [0.15, 0.2) is 10.9 Å². The van der Waals surface area contributed by atoms with Gasteiger partial charge in [0.05, 0.1) is 20.7 Å². The zero-order valence-electron chi connectivity index (χ0n) is 18.5. The Bertz CT molecular complexity index is 1390. The summed E-state index contributed by atoms with van der Waals surface area (Å²) < 4.78 is 7.08. The second kappa shape index (κ2) is 11.4. The van der Waals surface area contributed by atoms with Gasteiger partial charge in [-0.3, -0.25) is 30.6 Å². The number of aromatic nitrogens is 1. The average Bonchev–Trinajstić information content (AvgIpc) is 3.32. The summed E-state index contributed by atoms with van der Waals surface area (Å²) in [6.45, 7) is -0.603. The second-order valence-electron chi connectivity index (χ2n) is 7.32. The standard InChI is InChI=1S/C24H18N4O6S2/c29-21(26-27-22(30)16-9-11-18(12-10-16)28(32)33)13-34-23(31)17-7-5-15(6-8-17)14-35-24-25-19-3-1-2-4-20(19)36-24/h1-12H,13-14H2,(H,26,29)(H,27,30). The predicted octanol–water partition coefficient (Wildman–Crippen LogP) is 4.11. The Balaban J connectivity index is 1.20. The van der Waals surface area contributed by atoms with E-state index >= 15 is 0 Å². The van der Waals surface area contributed by atoms with Crippen LogP contribution in [0.4, 0.5) is 5.69 Å². The van der Waals surface area contributed by atoms with Crippen LogP contribution in [-0.2, 0) is 15.3 Å². The number of carbonyl (C=O) groups is 3. The van der Waals surface area contributed by atoms with Crippen molar-refractivity contribution in [3.8, 4) is 0 Å². The van der Waals surface area contributed by atoms with Crippen molar-refractivity contribution in [3.63, 3.8) is 0 Å². The fraction of sp³-hybridized carbons (Fsp3) is 0.0833. The summed E-state index contributed by atoms with van der Waals surface area (Å²) >= 11 is 3.24. The van der Waals surface area contributed by atoms with Crippen molar-refractivity contribution < 1.29 is 24.0 Å². The monoisotopic (exact) mass is 522 g/mol. The molecule has 0 saturated carbocycles. The maximum Gasteiger partial charge on any atom is 0.338 e. The third-order valence-corrected chi connectivity index (χ3v) is 7.07. The lowest BCUT2D eigenvalue weighted by Crippen LogP contribution is -2.43. The molecule has 182 valence electrons. The Kier molecular flexibility index (Phi) is 7.88. The number of thioether (sulfide) groups is 1. The lowest BCUT2D eigenvalue weighted by atomic mass is 10.1. The molecular weight excluding hydrogens is 504 g/mol. The molecule has 12 heteroatoms. The highest BCUT2D eigenvalue weighted by atomic mass is 32.2. The summed E-state index contributed by atoms with van der Waals surface area (Å²) in [5.41, 5.74) is 6.47. The summed E-state index contributed by atoms with van der Waals surface area (Å²) in [4.78, 5) is 50.8. The van der Waals surface area contributed by atoms with Gasteiger partial charge in [-0.2, -0.15) is 0 Å². The van der Waals surface area contributed by atoms with E-state index in [-0.39, 0.29) is 16.8 Å². The molecule has 1 heterocycles. The molecule has 0 aliphatic heterocycles. The first-order valence-electron chi connectivity index (χ1n) is 10.5. The Morgan fingerprint density at radius 3 is 2.33 bits per heavy atom. The summed E-state index contributed by atoms with van der Waals surface area (Å²) in [5, 5.41) is 10.7. The zero-order valence-corrected chi connectivity index (χ0v) is 20.1. The number of nitrogens with zero attached hydrogens (tertiary/aromatic N) is 2. The minimum absolute atomic E-state index is 0.110. The topological polar surface area (TPSA) is 141 Å². The minimum atomic E-state index is -0.748. The van der Waals surface area contributed by atoms with Crippen LogP contribution >= 0.6 is 23.1 Å². The largest absolute Gasteiger partial charge is 0.452 e. The number of esters is 1. The quantitative estimate of drug-likeness (QED) is 0.152. The summed E-state index contributed by atoms with van der Waals surface area (Å²) in [6, 6.07) is 19.6. The molecule has 0 aliphatic rings. The normalized spacial score (nSPS) is 10.6. The molecule has 0 spiro atoms. The van der Waals surface area contributed by atoms with Crippen LogP contribution in [0.3, 0.4) is 0 Å². The molecule has 2 N–H and O–H groups in total. The van der Waals surface area contributed by atoms with Gasteiger partial charge in [-0.25, -0.2) is 9.78 Å². The molecule has 0 radical (unpaired) electrons. The van der Waals surface area contributed by atoms with Gasteiger partial charge < -0.3 is 4.74 Å². The van der Waals surface area contributed by atoms with E-state index in [1.165, 1.54) is 24.3 Å². The van der Waals surface area contributed by atoms with Crippen molar-refractivity contribution in [2.75, 3.05) is 6.61 Å². The number of carbonyl (C=O) groups excluding carboxylic acids is 3. The first-order valence-corrected chi connectivity index (χ1v) is 12.3. The molecule has 0 bridgehead atoms. The van der Waals surface area contributed by atoms with Gasteiger partial charge in [0, 0.05) is 23.4 Å². The first kappa shape index (κ1) is 24.8. The minimum Gasteiger partial charge on any atom is -0.452 e. The Labute approximate surface area is 212 Å². The van der Waals surface area contributed by atoms with Crippen molar-refractivity contribution in [2.45, 2.75) is 10.1 Å². The number of rotatable bonds is 8. The van der Waals surface area contributed by atoms with E-state index in [0.717, 1.165) is 20.1 Å². The number of hydrogen-bond donors (Lipinski definition) is 2. The van der Waals surface area contributed by atoms with Gasteiger partial charge in [0.1, 0.15) is 0 Å². The van der Waals surface area contributed by atoms with Gasteiger partial charge in [0.2, 0.25) is 0 Å². The molecule has 36 heavy (non-hydrogen) atoms. The van der Waals surface area contributed by atoms with Crippen LogP contribution in [0.1, 0.15) is 26.3 Å². The van der Waals surface area contributed by atoms with Crippen LogP contribution < -0.4 is 10.9 Å². The molecule has 4 aromatic rings. The average molecular weight is 523 g/mol. The maximum absolute atomic E-state index is 12.2. The summed E-state index contributed by atoms with van der Waals surface area (Å²) in [7, 11) is 0. The number of para-hydroxylation sites is 1. The molecule has 0 unspecified atom stereocenters. The smallest absolute Gasteiger partial charge is 0.338 e. The second-order valence-corrected chi connectivity index (χ2v) is 9.57. The van der Waals surface area contributed by atoms with Crippen molar-refractivity contribution in [3.05, 3.63) is 99.6 Å². The highest BCUT2D eigenvalue weighted by Crippen LogP contribution is 2.31. The number of fused-ring (bicyclic) bond motifs is 1. The Hall–Kier alpha value is -4.29. The molecule has 4 rings (SSSR count). The number of hydrogen-bond acceptors (Lipinski definition) is 9. The lowest BCUT2D eigenvalue weighted by molar-refractivity contribution is -0.384. The van der Waals surface area contributed by atoms with Crippen LogP contribution in [0.25, 0.3) is 10.2 Å². The fourth-order valence-corrected chi connectivity index (χ4v) is 5.00. The Morgan fingerprint density at radius 2 is 1.64 bits per heavy atom. The van der Waals surface area contributed by atoms with Crippen LogP contribution in [0.15, 0.2) is 77.1 Å². The molecular formula is C24H18N4O6S2. The number of amides is 2. The summed E-state index contributed by atoms with van der Waals surface area (Å²) in [6.07, 6.45) is 0. The number of nitro groups is 1. The van der Waals surface area contributed by atoms with Crippen molar-refractivity contribution in [1.29, 1.82) is 0 Å². The SMILES string of the molecule is O=C(COC(=O)c1ccc(CSc2nc3ccccc3s2)cc1)NNC(=O)c1ccc([N+](=O)[O-])cc1. The van der Waals surface area contributed by atoms with E-state index in [1.54, 1.807) is 47.4 Å². The van der Waals surface area contributed by atoms with Gasteiger partial charge in [-0.05, 0) is 42.0 Å². The molecule has 0 fully saturated rings. The predicted molar refractivity (Wildman–Crippen MR) is 135 cm³/mol. The molecule has 0 atom stereocenters. The van der Waals surface area contributed by atoms with Gasteiger partial charge >= 0.3 is 5.97 Å². The van der Waals surface area contributed by atoms with Gasteiger partial charge in [-0.1, -0.05) is 36.0 Å². The third-order valence-electron chi connectivity index (χ3n) is 4.82.